The number of nitrogens with zero attached hydrogens (tertiary/aromatic N) is 1. The number of aromatic nitrogens is 1. The maximum atomic E-state index is 12.0. The maximum absolute atomic E-state index is 12.0. The number of hydrogen-bond donors (Lipinski definition) is 2. The van der Waals surface area contributed by atoms with Gasteiger partial charge in [-0.05, 0) is 31.4 Å². The fourth-order valence-electron chi connectivity index (χ4n) is 2.28. The molecule has 4 nitrogen and oxygen atoms in total. The molecule has 2 aromatic rings. The fourth-order valence-corrected chi connectivity index (χ4v) is 3.38. The molecule has 0 bridgehead atoms. The molecule has 0 aliphatic heterocycles. The number of fused-ring (bicyclic) bond motifs is 1. The first-order chi connectivity index (χ1) is 9.95. The van der Waals surface area contributed by atoms with Crippen LogP contribution in [0.2, 0.25) is 0 Å². The predicted molar refractivity (Wildman–Crippen MR) is 103 cm³/mol. The zero-order chi connectivity index (χ0) is 15.4. The summed E-state index contributed by atoms with van der Waals surface area (Å²) < 4.78 is 1.18. The highest BCUT2D eigenvalue weighted by Crippen LogP contribution is 2.22. The Kier molecular flexibility index (Phi) is 9.70. The van der Waals surface area contributed by atoms with Crippen molar-refractivity contribution in [3.8, 4) is 0 Å². The van der Waals surface area contributed by atoms with E-state index in [-0.39, 0.29) is 36.8 Å². The Hall–Kier alpha value is -0.880. The minimum Gasteiger partial charge on any atom is -0.352 e. The van der Waals surface area contributed by atoms with Gasteiger partial charge in [-0.25, -0.2) is 4.98 Å². The molecule has 1 aromatic carbocycles. The van der Waals surface area contributed by atoms with Crippen LogP contribution in [0.3, 0.4) is 0 Å². The van der Waals surface area contributed by atoms with Crippen LogP contribution in [0.5, 0.6) is 0 Å². The van der Waals surface area contributed by atoms with Crippen LogP contribution in [0.25, 0.3) is 10.2 Å². The molecule has 0 aliphatic rings. The van der Waals surface area contributed by atoms with Crippen LogP contribution in [-0.4, -0.2) is 23.0 Å². The molecular weight excluding hydrogens is 353 g/mol. The van der Waals surface area contributed by atoms with Gasteiger partial charge in [0.1, 0.15) is 0 Å². The smallest absolute Gasteiger partial charge is 0.237 e. The van der Waals surface area contributed by atoms with Crippen molar-refractivity contribution >= 4 is 52.3 Å². The van der Waals surface area contributed by atoms with Gasteiger partial charge in [-0.2, -0.15) is 0 Å². The number of nitrogens with one attached hydrogen (secondary N) is 1. The Labute approximate surface area is 154 Å². The number of rotatable bonds is 6. The van der Waals surface area contributed by atoms with Gasteiger partial charge in [0.2, 0.25) is 5.91 Å². The van der Waals surface area contributed by atoms with Crippen molar-refractivity contribution in [1.29, 1.82) is 0 Å². The number of para-hydroxylation sites is 1. The minimum atomic E-state index is -0.428. The topological polar surface area (TPSA) is 68.0 Å². The number of carbonyl (C=O) groups is 1. The highest BCUT2D eigenvalue weighted by molar-refractivity contribution is 7.18. The van der Waals surface area contributed by atoms with Gasteiger partial charge in [-0.3, -0.25) is 4.79 Å². The maximum Gasteiger partial charge on any atom is 0.237 e. The van der Waals surface area contributed by atoms with Crippen molar-refractivity contribution in [2.75, 3.05) is 0 Å². The first kappa shape index (κ1) is 22.1. The molecule has 130 valence electrons. The van der Waals surface area contributed by atoms with E-state index < -0.39 is 6.04 Å². The molecule has 2 atom stereocenters. The Morgan fingerprint density at radius 3 is 2.52 bits per heavy atom. The first-order valence-electron chi connectivity index (χ1n) is 7.36. The molecule has 0 radical (unpaired) electrons. The molecule has 0 aliphatic carbocycles. The molecule has 1 aromatic heterocycles. The number of carbonyl (C=O) groups excluding carboxylic acids is 1. The summed E-state index contributed by atoms with van der Waals surface area (Å²) in [4.78, 5) is 16.6. The van der Waals surface area contributed by atoms with Crippen LogP contribution in [0.15, 0.2) is 24.3 Å². The van der Waals surface area contributed by atoms with E-state index in [1.54, 1.807) is 11.3 Å². The summed E-state index contributed by atoms with van der Waals surface area (Å²) in [6, 6.07) is 7.69. The third kappa shape index (κ3) is 6.63. The highest BCUT2D eigenvalue weighted by Gasteiger charge is 2.17. The van der Waals surface area contributed by atoms with Gasteiger partial charge < -0.3 is 11.1 Å². The first-order valence-corrected chi connectivity index (χ1v) is 8.17. The Balaban J connectivity index is 0.00000242. The van der Waals surface area contributed by atoms with E-state index in [0.717, 1.165) is 16.9 Å². The van der Waals surface area contributed by atoms with Crippen LogP contribution >= 0.6 is 36.2 Å². The Morgan fingerprint density at radius 1 is 1.26 bits per heavy atom. The summed E-state index contributed by atoms with van der Waals surface area (Å²) in [6.07, 6.45) is 1.44. The van der Waals surface area contributed by atoms with Gasteiger partial charge in [0, 0.05) is 12.5 Å². The second kappa shape index (κ2) is 10.1. The molecular formula is C16H25Cl2N3OS. The van der Waals surface area contributed by atoms with E-state index in [9.17, 15) is 4.79 Å². The third-order valence-electron chi connectivity index (χ3n) is 3.27. The van der Waals surface area contributed by atoms with Crippen LogP contribution in [0.1, 0.15) is 32.2 Å². The average Bonchev–Trinajstić information content (AvgIpc) is 2.79. The third-order valence-corrected chi connectivity index (χ3v) is 4.33. The van der Waals surface area contributed by atoms with Crippen LogP contribution in [0, 0.1) is 5.92 Å². The summed E-state index contributed by atoms with van der Waals surface area (Å²) in [6.45, 7) is 6.13. The number of hydrogen-bond acceptors (Lipinski definition) is 4. The van der Waals surface area contributed by atoms with Gasteiger partial charge >= 0.3 is 0 Å². The van der Waals surface area contributed by atoms with E-state index >= 15 is 0 Å². The molecule has 1 amide bonds. The summed E-state index contributed by atoms with van der Waals surface area (Å²) in [5.41, 5.74) is 6.92. The van der Waals surface area contributed by atoms with Gasteiger partial charge in [-0.15, -0.1) is 36.2 Å². The van der Waals surface area contributed by atoms with E-state index in [1.807, 2.05) is 25.1 Å². The predicted octanol–water partition coefficient (Wildman–Crippen LogP) is 3.56. The number of thiazole rings is 1. The molecule has 2 rings (SSSR count). The van der Waals surface area contributed by atoms with E-state index in [0.29, 0.717) is 12.3 Å². The van der Waals surface area contributed by atoms with E-state index in [2.05, 4.69) is 30.2 Å². The average molecular weight is 378 g/mol. The van der Waals surface area contributed by atoms with Gasteiger partial charge in [0.15, 0.2) is 0 Å². The summed E-state index contributed by atoms with van der Waals surface area (Å²) >= 11 is 1.68. The molecule has 1 unspecified atom stereocenters. The molecule has 0 saturated heterocycles. The van der Waals surface area contributed by atoms with Gasteiger partial charge in [0.25, 0.3) is 0 Å². The normalized spacial score (nSPS) is 13.1. The Bertz CT molecular complexity index is 585. The monoisotopic (exact) mass is 377 g/mol. The number of benzene rings is 1. The van der Waals surface area contributed by atoms with Crippen molar-refractivity contribution in [2.24, 2.45) is 11.7 Å². The molecule has 1 heterocycles. The SMILES string of the molecule is CC(C)C[C@H](N)C(=O)NC(C)Cc1nc2ccccc2s1.Cl.Cl. The van der Waals surface area contributed by atoms with Crippen LogP contribution in [-0.2, 0) is 11.2 Å². The molecule has 7 heteroatoms. The van der Waals surface area contributed by atoms with Gasteiger partial charge in [-0.1, -0.05) is 26.0 Å². The second-order valence-corrected chi connectivity index (χ2v) is 7.04. The van der Waals surface area contributed by atoms with Crippen LogP contribution in [0.4, 0.5) is 0 Å². The lowest BCUT2D eigenvalue weighted by Crippen LogP contribution is -2.45. The van der Waals surface area contributed by atoms with Crippen molar-refractivity contribution in [1.82, 2.24) is 10.3 Å². The lowest BCUT2D eigenvalue weighted by Gasteiger charge is -2.18. The standard InChI is InChI=1S/C16H23N3OS.2ClH/c1-10(2)8-12(17)16(20)18-11(3)9-15-19-13-6-4-5-7-14(13)21-15;;/h4-7,10-12H,8-9,17H2,1-3H3,(H,18,20);2*1H/t11?,12-;;/m0../s1. The zero-order valence-electron chi connectivity index (χ0n) is 13.6. The highest BCUT2D eigenvalue weighted by atomic mass is 35.5. The number of halogens is 2. The minimum absolute atomic E-state index is 0. The molecule has 23 heavy (non-hydrogen) atoms. The van der Waals surface area contributed by atoms with Crippen molar-refractivity contribution < 1.29 is 4.79 Å². The number of amides is 1. The quantitative estimate of drug-likeness (QED) is 0.808. The molecule has 0 spiro atoms. The van der Waals surface area contributed by atoms with Gasteiger partial charge in [0.05, 0.1) is 21.3 Å². The lowest BCUT2D eigenvalue weighted by atomic mass is 10.0. The molecule has 0 saturated carbocycles. The zero-order valence-corrected chi connectivity index (χ0v) is 16.1. The van der Waals surface area contributed by atoms with Crippen LogP contribution < -0.4 is 11.1 Å². The second-order valence-electron chi connectivity index (χ2n) is 5.93. The lowest BCUT2D eigenvalue weighted by molar-refractivity contribution is -0.123. The number of nitrogens with two attached hydrogens (primary N) is 1. The van der Waals surface area contributed by atoms with Crippen molar-refractivity contribution in [3.05, 3.63) is 29.3 Å². The Morgan fingerprint density at radius 2 is 1.91 bits per heavy atom. The summed E-state index contributed by atoms with van der Waals surface area (Å²) in [5.74, 6) is 0.350. The van der Waals surface area contributed by atoms with Crippen molar-refractivity contribution in [2.45, 2.75) is 45.7 Å². The molecule has 3 N–H and O–H groups in total. The van der Waals surface area contributed by atoms with Crippen molar-refractivity contribution in [3.63, 3.8) is 0 Å². The fraction of sp³-hybridized carbons (Fsp3) is 0.500. The summed E-state index contributed by atoms with van der Waals surface area (Å²) in [7, 11) is 0. The van der Waals surface area contributed by atoms with E-state index in [4.69, 9.17) is 5.73 Å². The summed E-state index contributed by atoms with van der Waals surface area (Å²) in [5, 5.41) is 4.02. The molecule has 0 fully saturated rings. The van der Waals surface area contributed by atoms with E-state index in [1.165, 1.54) is 4.70 Å². The largest absolute Gasteiger partial charge is 0.352 e.